The van der Waals surface area contributed by atoms with Gasteiger partial charge in [-0.25, -0.2) is 0 Å². The highest BCUT2D eigenvalue weighted by molar-refractivity contribution is 7.08. The molecule has 0 saturated heterocycles. The molecule has 0 fully saturated rings. The van der Waals surface area contributed by atoms with E-state index in [0.29, 0.717) is 34.4 Å². The second-order valence-electron chi connectivity index (χ2n) is 7.50. The van der Waals surface area contributed by atoms with Crippen LogP contribution in [0, 0.1) is 18.3 Å². The van der Waals surface area contributed by atoms with Crippen LogP contribution in [0.15, 0.2) is 16.4 Å². The summed E-state index contributed by atoms with van der Waals surface area (Å²) >= 11 is 0.480. The Kier molecular flexibility index (Phi) is 4.61. The zero-order chi connectivity index (χ0) is 22.6. The van der Waals surface area contributed by atoms with E-state index in [4.69, 9.17) is 0 Å². The molecule has 4 aromatic rings. The fourth-order valence-electron chi connectivity index (χ4n) is 2.69. The van der Waals surface area contributed by atoms with Gasteiger partial charge in [-0.15, -0.1) is 20.0 Å². The molecule has 0 spiro atoms. The molecule has 0 radical (unpaired) electrons. The number of alkyl halides is 3. The number of azo groups is 1. The van der Waals surface area contributed by atoms with Crippen molar-refractivity contribution in [1.29, 1.82) is 5.26 Å². The molecule has 0 aliphatic heterocycles. The maximum Gasteiger partial charge on any atom is 0.452 e. The highest BCUT2D eigenvalue weighted by atomic mass is 32.1. The highest BCUT2D eigenvalue weighted by Crippen LogP contribution is 2.36. The van der Waals surface area contributed by atoms with Gasteiger partial charge in [0.05, 0.1) is 11.9 Å². The summed E-state index contributed by atoms with van der Waals surface area (Å²) in [5, 5.41) is 30.2. The Labute approximate surface area is 176 Å². The fourth-order valence-corrected chi connectivity index (χ4v) is 3.34. The van der Waals surface area contributed by atoms with E-state index in [1.807, 2.05) is 26.8 Å². The number of hydrogen-bond donors (Lipinski definition) is 1. The van der Waals surface area contributed by atoms with Crippen molar-refractivity contribution in [2.45, 2.75) is 39.3 Å². The van der Waals surface area contributed by atoms with E-state index in [2.05, 4.69) is 39.9 Å². The molecule has 0 unspecified atom stereocenters. The van der Waals surface area contributed by atoms with Crippen molar-refractivity contribution in [3.05, 3.63) is 29.1 Å². The van der Waals surface area contributed by atoms with Crippen LogP contribution in [0.5, 0.6) is 0 Å². The summed E-state index contributed by atoms with van der Waals surface area (Å²) in [6.45, 7) is 7.56. The standard InChI is InChI=1S/C16H14F3N11S/c1-7-22-12-9(10(15(2,3)4)27-30(12)26-7)24-25-11-8(5-20)6-21-29(11)14-23-13(28-31-14)16(17,18)19/h6H,1-4H3,(H,22,26)/b25-24+. The van der Waals surface area contributed by atoms with E-state index in [1.165, 1.54) is 10.8 Å². The number of nitrogens with zero attached hydrogens (tertiary/aromatic N) is 10. The van der Waals surface area contributed by atoms with Crippen LogP contribution in [0.1, 0.15) is 43.7 Å². The van der Waals surface area contributed by atoms with Crippen molar-refractivity contribution in [3.63, 3.8) is 0 Å². The summed E-state index contributed by atoms with van der Waals surface area (Å²) in [5.41, 5.74) is 1.07. The number of H-pyrrole nitrogens is 1. The minimum absolute atomic E-state index is 0.00835. The van der Waals surface area contributed by atoms with Crippen molar-refractivity contribution < 1.29 is 13.2 Å². The second kappa shape index (κ2) is 6.94. The molecule has 0 bridgehead atoms. The number of aromatic amines is 1. The van der Waals surface area contributed by atoms with Crippen LogP contribution >= 0.6 is 11.5 Å². The van der Waals surface area contributed by atoms with Gasteiger partial charge in [0, 0.05) is 16.9 Å². The van der Waals surface area contributed by atoms with Crippen LogP contribution in [0.2, 0.25) is 0 Å². The maximum absolute atomic E-state index is 12.9. The van der Waals surface area contributed by atoms with Crippen LogP contribution in [0.4, 0.5) is 24.7 Å². The zero-order valence-electron chi connectivity index (χ0n) is 16.6. The Morgan fingerprint density at radius 3 is 2.55 bits per heavy atom. The average molecular weight is 449 g/mol. The van der Waals surface area contributed by atoms with E-state index in [9.17, 15) is 18.4 Å². The van der Waals surface area contributed by atoms with Gasteiger partial charge in [0.2, 0.25) is 11.0 Å². The van der Waals surface area contributed by atoms with E-state index >= 15 is 0 Å². The van der Waals surface area contributed by atoms with Gasteiger partial charge < -0.3 is 4.98 Å². The Balaban J connectivity index is 1.83. The number of aryl methyl sites for hydroxylation is 1. The van der Waals surface area contributed by atoms with Crippen molar-refractivity contribution in [2.75, 3.05) is 0 Å². The Bertz CT molecular complexity index is 1340. The Hall–Kier alpha value is -3.67. The van der Waals surface area contributed by atoms with Crippen molar-refractivity contribution >= 4 is 28.7 Å². The lowest BCUT2D eigenvalue weighted by Gasteiger charge is -2.15. The van der Waals surface area contributed by atoms with Crippen molar-refractivity contribution in [2.24, 2.45) is 10.2 Å². The van der Waals surface area contributed by atoms with Gasteiger partial charge in [-0.2, -0.15) is 42.7 Å². The first kappa shape index (κ1) is 20.6. The van der Waals surface area contributed by atoms with Crippen LogP contribution < -0.4 is 0 Å². The van der Waals surface area contributed by atoms with Crippen LogP contribution in [0.3, 0.4) is 0 Å². The monoisotopic (exact) mass is 449 g/mol. The molecule has 0 aliphatic carbocycles. The van der Waals surface area contributed by atoms with E-state index < -0.39 is 17.4 Å². The molecular formula is C16H14F3N11S. The van der Waals surface area contributed by atoms with Crippen molar-refractivity contribution in [1.82, 2.24) is 38.9 Å². The Morgan fingerprint density at radius 2 is 1.94 bits per heavy atom. The number of aromatic nitrogens is 8. The van der Waals surface area contributed by atoms with Gasteiger partial charge in [0.1, 0.15) is 17.5 Å². The normalized spacial score (nSPS) is 12.8. The lowest BCUT2D eigenvalue weighted by molar-refractivity contribution is -0.144. The van der Waals surface area contributed by atoms with E-state index in [1.54, 1.807) is 6.92 Å². The summed E-state index contributed by atoms with van der Waals surface area (Å²) in [7, 11) is 0. The first-order chi connectivity index (χ1) is 14.5. The molecular weight excluding hydrogens is 435 g/mol. The number of rotatable bonds is 3. The summed E-state index contributed by atoms with van der Waals surface area (Å²) in [6.07, 6.45) is -3.53. The SMILES string of the molecule is Cc1nn2nc(C(C)(C)C)c(/N=N/c3c(C#N)cnn3-c3nc(C(F)(F)F)ns3)c2[nH]1. The van der Waals surface area contributed by atoms with Crippen molar-refractivity contribution in [3.8, 4) is 11.2 Å². The molecule has 15 heteroatoms. The predicted octanol–water partition coefficient (Wildman–Crippen LogP) is 4.01. The average Bonchev–Trinajstić information content (AvgIpc) is 3.40. The second-order valence-corrected chi connectivity index (χ2v) is 8.23. The summed E-state index contributed by atoms with van der Waals surface area (Å²) < 4.78 is 44.3. The van der Waals surface area contributed by atoms with Gasteiger partial charge in [-0.1, -0.05) is 20.8 Å². The van der Waals surface area contributed by atoms with Gasteiger partial charge >= 0.3 is 6.18 Å². The fraction of sp³-hybridized carbons (Fsp3) is 0.375. The first-order valence-electron chi connectivity index (χ1n) is 8.76. The first-order valence-corrected chi connectivity index (χ1v) is 9.53. The maximum atomic E-state index is 12.9. The molecule has 11 nitrogen and oxygen atoms in total. The number of nitriles is 1. The number of hydrogen-bond acceptors (Lipinski definition) is 9. The molecule has 0 atom stereocenters. The minimum atomic E-state index is -4.70. The quantitative estimate of drug-likeness (QED) is 0.469. The largest absolute Gasteiger partial charge is 0.452 e. The lowest BCUT2D eigenvalue weighted by Crippen LogP contribution is -2.12. The molecule has 160 valence electrons. The van der Waals surface area contributed by atoms with E-state index in [-0.39, 0.29) is 16.5 Å². The minimum Gasteiger partial charge on any atom is -0.324 e. The number of halogens is 3. The number of fused-ring (bicyclic) bond motifs is 1. The topological polar surface area (TPSA) is 138 Å². The molecule has 0 saturated carbocycles. The third-order valence-corrected chi connectivity index (χ3v) is 4.75. The summed E-state index contributed by atoms with van der Waals surface area (Å²) in [4.78, 5) is 6.50. The van der Waals surface area contributed by atoms with Gasteiger partial charge in [-0.05, 0) is 6.92 Å². The van der Waals surface area contributed by atoms with Gasteiger partial charge in [0.25, 0.3) is 0 Å². The van der Waals surface area contributed by atoms with Crippen LogP contribution in [-0.2, 0) is 11.6 Å². The third-order valence-electron chi connectivity index (χ3n) is 4.06. The lowest BCUT2D eigenvalue weighted by atomic mass is 9.91. The molecule has 4 heterocycles. The molecule has 1 N–H and O–H groups in total. The van der Waals surface area contributed by atoms with Gasteiger partial charge in [0.15, 0.2) is 17.2 Å². The highest BCUT2D eigenvalue weighted by Gasteiger charge is 2.36. The molecule has 4 rings (SSSR count). The van der Waals surface area contributed by atoms with E-state index in [0.717, 1.165) is 4.68 Å². The van der Waals surface area contributed by atoms with Crippen LogP contribution in [-0.4, -0.2) is 38.9 Å². The molecule has 0 aliphatic rings. The molecule has 0 amide bonds. The van der Waals surface area contributed by atoms with Gasteiger partial charge in [-0.3, -0.25) is 0 Å². The third kappa shape index (κ3) is 3.65. The predicted molar refractivity (Wildman–Crippen MR) is 102 cm³/mol. The molecule has 31 heavy (non-hydrogen) atoms. The summed E-state index contributed by atoms with van der Waals surface area (Å²) in [5.74, 6) is -0.774. The summed E-state index contributed by atoms with van der Waals surface area (Å²) in [6, 6.07) is 1.90. The smallest absolute Gasteiger partial charge is 0.324 e. The van der Waals surface area contributed by atoms with Crippen LogP contribution in [0.25, 0.3) is 10.8 Å². The molecule has 4 aromatic heterocycles. The molecule has 0 aromatic carbocycles. The zero-order valence-corrected chi connectivity index (χ0v) is 17.4. The Morgan fingerprint density at radius 1 is 1.19 bits per heavy atom. The number of nitrogens with one attached hydrogen (secondary N) is 1.